The van der Waals surface area contributed by atoms with Gasteiger partial charge in [-0.1, -0.05) is 60.7 Å². The smallest absolute Gasteiger partial charge is 0.206 e. The van der Waals surface area contributed by atoms with Crippen LogP contribution in [0.15, 0.2) is 60.7 Å². The van der Waals surface area contributed by atoms with Gasteiger partial charge in [0.1, 0.15) is 24.4 Å². The van der Waals surface area contributed by atoms with E-state index in [4.69, 9.17) is 14.7 Å². The van der Waals surface area contributed by atoms with Gasteiger partial charge in [0.05, 0.1) is 12.6 Å². The van der Waals surface area contributed by atoms with Crippen LogP contribution in [-0.4, -0.2) is 57.7 Å². The average molecular weight is 361 g/mol. The van der Waals surface area contributed by atoms with Crippen molar-refractivity contribution in [2.24, 2.45) is 0 Å². The molecule has 0 spiro atoms. The maximum Gasteiger partial charge on any atom is 0.206 e. The minimum atomic E-state index is -1.36. The van der Waals surface area contributed by atoms with Crippen LogP contribution in [0.3, 0.4) is 0 Å². The number of aliphatic hydroxyl groups excluding tert-OH is 4. The molecule has 1 aliphatic heterocycles. The monoisotopic (exact) mass is 361 g/mol. The van der Waals surface area contributed by atoms with E-state index in [1.165, 1.54) is 0 Å². The first-order valence-electron chi connectivity index (χ1n) is 8.43. The molecule has 1 saturated heterocycles. The third-order valence-corrected chi connectivity index (χ3v) is 4.39. The molecule has 3 rings (SSSR count). The average Bonchev–Trinajstić information content (AvgIpc) is 2.98. The first-order valence-corrected chi connectivity index (χ1v) is 8.43. The zero-order chi connectivity index (χ0) is 18.5. The van der Waals surface area contributed by atoms with E-state index >= 15 is 0 Å². The Kier molecular flexibility index (Phi) is 6.33. The Labute approximate surface area is 151 Å². The standard InChI is InChI=1S/C19H23NO6/c21-11-14(22)18-16(23)17(24)19(25-18)26-20-15(12-7-3-1-4-8-12)13-9-5-2-6-10-13/h1-10,14-24H,11H2/t14-,16-,17+,18-,19?/m1/s1. The van der Waals surface area contributed by atoms with E-state index in [1.54, 1.807) is 0 Å². The van der Waals surface area contributed by atoms with Crippen LogP contribution in [0.2, 0.25) is 0 Å². The molecule has 0 bridgehead atoms. The van der Waals surface area contributed by atoms with Gasteiger partial charge in [-0.25, -0.2) is 0 Å². The maximum absolute atomic E-state index is 10.1. The molecule has 0 aromatic heterocycles. The second-order valence-electron chi connectivity index (χ2n) is 6.19. The molecule has 7 heteroatoms. The van der Waals surface area contributed by atoms with Crippen LogP contribution in [0.5, 0.6) is 0 Å². The van der Waals surface area contributed by atoms with Crippen molar-refractivity contribution >= 4 is 0 Å². The highest BCUT2D eigenvalue weighted by atomic mass is 16.8. The zero-order valence-corrected chi connectivity index (χ0v) is 14.1. The van der Waals surface area contributed by atoms with Crippen LogP contribution in [0.1, 0.15) is 17.2 Å². The molecule has 0 aliphatic carbocycles. The van der Waals surface area contributed by atoms with E-state index in [9.17, 15) is 15.3 Å². The van der Waals surface area contributed by atoms with Crippen molar-refractivity contribution < 1.29 is 30.0 Å². The van der Waals surface area contributed by atoms with Crippen LogP contribution in [0.4, 0.5) is 0 Å². The lowest BCUT2D eigenvalue weighted by Gasteiger charge is -2.23. The molecule has 140 valence electrons. The molecule has 1 fully saturated rings. The van der Waals surface area contributed by atoms with Gasteiger partial charge in [-0.05, 0) is 11.1 Å². The molecule has 0 saturated carbocycles. The van der Waals surface area contributed by atoms with Gasteiger partial charge in [0, 0.05) is 0 Å². The van der Waals surface area contributed by atoms with Crippen molar-refractivity contribution in [1.29, 1.82) is 0 Å². The molecule has 1 aliphatic rings. The normalized spacial score (nSPS) is 27.0. The van der Waals surface area contributed by atoms with Crippen LogP contribution in [-0.2, 0) is 9.57 Å². The molecule has 5 N–H and O–H groups in total. The number of benzene rings is 2. The summed E-state index contributed by atoms with van der Waals surface area (Å²) >= 11 is 0. The fraction of sp³-hybridized carbons (Fsp3) is 0.368. The summed E-state index contributed by atoms with van der Waals surface area (Å²) in [5, 5.41) is 38.8. The molecule has 2 aromatic carbocycles. The molecule has 0 amide bonds. The second-order valence-corrected chi connectivity index (χ2v) is 6.19. The molecule has 26 heavy (non-hydrogen) atoms. The molecule has 0 radical (unpaired) electrons. The van der Waals surface area contributed by atoms with E-state index in [0.29, 0.717) is 0 Å². The first-order chi connectivity index (χ1) is 12.6. The fourth-order valence-electron chi connectivity index (χ4n) is 2.95. The van der Waals surface area contributed by atoms with E-state index in [2.05, 4.69) is 5.48 Å². The number of nitrogens with one attached hydrogen (secondary N) is 1. The number of aliphatic hydroxyl groups is 4. The van der Waals surface area contributed by atoms with Crippen molar-refractivity contribution in [2.45, 2.75) is 36.7 Å². The lowest BCUT2D eigenvalue weighted by molar-refractivity contribution is -0.214. The third-order valence-electron chi connectivity index (χ3n) is 4.39. The van der Waals surface area contributed by atoms with Gasteiger partial charge < -0.3 is 25.2 Å². The Morgan fingerprint density at radius 3 is 1.96 bits per heavy atom. The topological polar surface area (TPSA) is 111 Å². The lowest BCUT2D eigenvalue weighted by Crippen LogP contribution is -2.40. The van der Waals surface area contributed by atoms with Crippen LogP contribution in [0.25, 0.3) is 0 Å². The van der Waals surface area contributed by atoms with Crippen molar-refractivity contribution in [3.63, 3.8) is 0 Å². The second kappa shape index (κ2) is 8.70. The first kappa shape index (κ1) is 18.9. The summed E-state index contributed by atoms with van der Waals surface area (Å²) in [6.45, 7) is -0.592. The third kappa shape index (κ3) is 4.11. The van der Waals surface area contributed by atoms with Crippen molar-refractivity contribution in [2.75, 3.05) is 6.61 Å². The molecule has 1 heterocycles. The highest BCUT2D eigenvalue weighted by molar-refractivity contribution is 5.31. The van der Waals surface area contributed by atoms with Gasteiger partial charge in [-0.3, -0.25) is 4.84 Å². The molecular weight excluding hydrogens is 338 g/mol. The zero-order valence-electron chi connectivity index (χ0n) is 14.1. The molecule has 2 aromatic rings. The van der Waals surface area contributed by atoms with E-state index < -0.39 is 37.3 Å². The van der Waals surface area contributed by atoms with Crippen LogP contribution >= 0.6 is 0 Å². The van der Waals surface area contributed by atoms with Crippen molar-refractivity contribution in [1.82, 2.24) is 5.48 Å². The van der Waals surface area contributed by atoms with Gasteiger partial charge in [-0.2, -0.15) is 5.48 Å². The van der Waals surface area contributed by atoms with Crippen LogP contribution in [0, 0.1) is 0 Å². The Balaban J connectivity index is 1.73. The SMILES string of the molecule is OC[C@@H](O)[C@H]1OC(ONC(c2ccccc2)c2ccccc2)[C@@H](O)[C@H]1O. The summed E-state index contributed by atoms with van der Waals surface area (Å²) in [5.74, 6) is 0. The maximum atomic E-state index is 10.1. The van der Waals surface area contributed by atoms with Crippen LogP contribution < -0.4 is 5.48 Å². The molecular formula is C19H23NO6. The summed E-state index contributed by atoms with van der Waals surface area (Å²) in [5.41, 5.74) is 4.77. The summed E-state index contributed by atoms with van der Waals surface area (Å²) < 4.78 is 5.37. The van der Waals surface area contributed by atoms with Gasteiger partial charge in [0.2, 0.25) is 6.29 Å². The van der Waals surface area contributed by atoms with Gasteiger partial charge in [-0.15, -0.1) is 0 Å². The number of hydrogen-bond acceptors (Lipinski definition) is 7. The summed E-state index contributed by atoms with van der Waals surface area (Å²) in [6, 6.07) is 18.9. The summed E-state index contributed by atoms with van der Waals surface area (Å²) in [7, 11) is 0. The summed E-state index contributed by atoms with van der Waals surface area (Å²) in [6.07, 6.45) is -6.36. The number of ether oxygens (including phenoxy) is 1. The predicted molar refractivity (Wildman–Crippen MR) is 92.7 cm³/mol. The predicted octanol–water partition coefficient (Wildman–Crippen LogP) is 0.0971. The Morgan fingerprint density at radius 2 is 1.46 bits per heavy atom. The van der Waals surface area contributed by atoms with E-state index in [-0.39, 0.29) is 6.04 Å². The van der Waals surface area contributed by atoms with Crippen molar-refractivity contribution in [3.05, 3.63) is 71.8 Å². The largest absolute Gasteiger partial charge is 0.394 e. The van der Waals surface area contributed by atoms with E-state index in [1.807, 2.05) is 60.7 Å². The lowest BCUT2D eigenvalue weighted by atomic mass is 10.00. The quantitative estimate of drug-likeness (QED) is 0.445. The molecule has 7 nitrogen and oxygen atoms in total. The Morgan fingerprint density at radius 1 is 0.923 bits per heavy atom. The van der Waals surface area contributed by atoms with Gasteiger partial charge in [0.15, 0.2) is 0 Å². The minimum Gasteiger partial charge on any atom is -0.394 e. The van der Waals surface area contributed by atoms with Gasteiger partial charge in [0.25, 0.3) is 0 Å². The minimum absolute atomic E-state index is 0.327. The Hall–Kier alpha value is -1.84. The van der Waals surface area contributed by atoms with E-state index in [0.717, 1.165) is 11.1 Å². The number of hydroxylamine groups is 1. The highest BCUT2D eigenvalue weighted by Crippen LogP contribution is 2.26. The highest BCUT2D eigenvalue weighted by Gasteiger charge is 2.47. The molecule has 1 unspecified atom stereocenters. The fourth-order valence-corrected chi connectivity index (χ4v) is 2.95. The summed E-state index contributed by atoms with van der Waals surface area (Å²) in [4.78, 5) is 5.51. The molecule has 5 atom stereocenters. The van der Waals surface area contributed by atoms with Gasteiger partial charge >= 0.3 is 0 Å². The number of hydrogen-bond donors (Lipinski definition) is 5. The number of rotatable bonds is 7. The van der Waals surface area contributed by atoms with Crippen molar-refractivity contribution in [3.8, 4) is 0 Å². The Bertz CT molecular complexity index is 631.